The monoisotopic (exact) mass is 283 g/mol. The van der Waals surface area contributed by atoms with Crippen LogP contribution in [-0.4, -0.2) is 36.8 Å². The van der Waals surface area contributed by atoms with Crippen LogP contribution in [0, 0.1) is 0 Å². The molecule has 0 heterocycles. The first-order valence-electron chi connectivity index (χ1n) is 7.94. The van der Waals surface area contributed by atoms with Gasteiger partial charge in [0.1, 0.15) is 0 Å². The van der Waals surface area contributed by atoms with Crippen molar-refractivity contribution in [3.8, 4) is 0 Å². The molecule has 2 heteroatoms. The number of likely N-dealkylation sites (N-methyl/N-ethyl adjacent to an activating group) is 1. The van der Waals surface area contributed by atoms with Gasteiger partial charge in [0.05, 0.1) is 6.10 Å². The largest absolute Gasteiger partial charge is 0.392 e. The minimum Gasteiger partial charge on any atom is -0.392 e. The molecular formula is C19H25NO. The Labute approximate surface area is 127 Å². The van der Waals surface area contributed by atoms with Gasteiger partial charge < -0.3 is 10.0 Å². The second kappa shape index (κ2) is 5.78. The molecule has 0 amide bonds. The van der Waals surface area contributed by atoms with Crippen molar-refractivity contribution in [2.75, 3.05) is 20.6 Å². The number of hydrogen-bond acceptors (Lipinski definition) is 2. The number of benzene rings is 2. The van der Waals surface area contributed by atoms with Crippen molar-refractivity contribution in [1.82, 2.24) is 4.90 Å². The maximum absolute atomic E-state index is 10.8. The fraction of sp³-hybridized carbons (Fsp3) is 0.474. The van der Waals surface area contributed by atoms with Gasteiger partial charge in [-0.25, -0.2) is 0 Å². The zero-order valence-electron chi connectivity index (χ0n) is 13.0. The lowest BCUT2D eigenvalue weighted by atomic mass is 9.67. The summed E-state index contributed by atoms with van der Waals surface area (Å²) in [7, 11) is 4.20. The van der Waals surface area contributed by atoms with Gasteiger partial charge in [-0.05, 0) is 43.3 Å². The zero-order valence-corrected chi connectivity index (χ0v) is 13.0. The molecule has 1 aliphatic carbocycles. The van der Waals surface area contributed by atoms with Crippen LogP contribution in [-0.2, 0) is 5.41 Å². The highest BCUT2D eigenvalue weighted by Gasteiger charge is 2.41. The van der Waals surface area contributed by atoms with Crippen LogP contribution in [0.3, 0.4) is 0 Å². The lowest BCUT2D eigenvalue weighted by molar-refractivity contribution is 0.0265. The minimum absolute atomic E-state index is 0.119. The highest BCUT2D eigenvalue weighted by molar-refractivity contribution is 5.83. The molecule has 1 fully saturated rings. The Kier molecular flexibility index (Phi) is 4.01. The molecule has 0 spiro atoms. The first kappa shape index (κ1) is 14.6. The van der Waals surface area contributed by atoms with E-state index in [2.05, 4.69) is 61.5 Å². The Morgan fingerprint density at radius 2 is 1.86 bits per heavy atom. The fourth-order valence-electron chi connectivity index (χ4n) is 3.90. The van der Waals surface area contributed by atoms with E-state index in [1.807, 2.05) is 0 Å². The first-order valence-corrected chi connectivity index (χ1v) is 7.94. The van der Waals surface area contributed by atoms with Gasteiger partial charge in [-0.3, -0.25) is 0 Å². The van der Waals surface area contributed by atoms with Crippen molar-refractivity contribution in [1.29, 1.82) is 0 Å². The third-order valence-electron chi connectivity index (χ3n) is 4.91. The Morgan fingerprint density at radius 3 is 2.57 bits per heavy atom. The van der Waals surface area contributed by atoms with Gasteiger partial charge >= 0.3 is 0 Å². The van der Waals surface area contributed by atoms with E-state index in [-0.39, 0.29) is 11.5 Å². The maximum atomic E-state index is 10.8. The molecule has 0 unspecified atom stereocenters. The van der Waals surface area contributed by atoms with Crippen LogP contribution in [0.2, 0.25) is 0 Å². The summed E-state index contributed by atoms with van der Waals surface area (Å²) in [6.45, 7) is 0.909. The van der Waals surface area contributed by atoms with Gasteiger partial charge in [-0.2, -0.15) is 0 Å². The molecule has 0 saturated heterocycles. The van der Waals surface area contributed by atoms with Crippen molar-refractivity contribution in [2.45, 2.75) is 37.2 Å². The molecule has 3 rings (SSSR count). The number of rotatable bonds is 3. The standard InChI is InChI=1S/C19H25NO/c1-20(2)14-19(12-6-5-9-18(19)21)17-11-10-15-7-3-4-8-16(15)13-17/h3-4,7-8,10-11,13,18,21H,5-6,9,12,14H2,1-2H3/t18-,19+/m1/s1. The molecule has 1 N–H and O–H groups in total. The Morgan fingerprint density at radius 1 is 1.10 bits per heavy atom. The summed E-state index contributed by atoms with van der Waals surface area (Å²) in [6.07, 6.45) is 4.10. The highest BCUT2D eigenvalue weighted by Crippen LogP contribution is 2.41. The predicted octanol–water partition coefficient (Wildman–Crippen LogP) is 3.57. The average Bonchev–Trinajstić information content (AvgIpc) is 2.49. The smallest absolute Gasteiger partial charge is 0.0649 e. The lowest BCUT2D eigenvalue weighted by Gasteiger charge is -2.44. The SMILES string of the molecule is CN(C)C[C@]1(c2ccc3ccccc3c2)CCCC[C@H]1O. The molecule has 0 radical (unpaired) electrons. The maximum Gasteiger partial charge on any atom is 0.0649 e. The van der Waals surface area contributed by atoms with E-state index >= 15 is 0 Å². The highest BCUT2D eigenvalue weighted by atomic mass is 16.3. The average molecular weight is 283 g/mol. The van der Waals surface area contributed by atoms with E-state index in [0.717, 1.165) is 25.8 Å². The Hall–Kier alpha value is -1.38. The van der Waals surface area contributed by atoms with Crippen LogP contribution < -0.4 is 0 Å². The quantitative estimate of drug-likeness (QED) is 0.931. The Balaban J connectivity index is 2.09. The molecule has 2 aromatic carbocycles. The number of fused-ring (bicyclic) bond motifs is 1. The summed E-state index contributed by atoms with van der Waals surface area (Å²) in [5.41, 5.74) is 1.17. The van der Waals surface area contributed by atoms with E-state index in [4.69, 9.17) is 0 Å². The second-order valence-electron chi connectivity index (χ2n) is 6.72. The van der Waals surface area contributed by atoms with E-state index in [1.165, 1.54) is 22.8 Å². The molecular weight excluding hydrogens is 258 g/mol. The number of hydrogen-bond donors (Lipinski definition) is 1. The predicted molar refractivity (Wildman–Crippen MR) is 88.7 cm³/mol. The van der Waals surface area contributed by atoms with Crippen LogP contribution >= 0.6 is 0 Å². The molecule has 21 heavy (non-hydrogen) atoms. The molecule has 0 bridgehead atoms. The van der Waals surface area contributed by atoms with Crippen LogP contribution in [0.4, 0.5) is 0 Å². The van der Waals surface area contributed by atoms with Gasteiger partial charge in [-0.15, -0.1) is 0 Å². The second-order valence-corrected chi connectivity index (χ2v) is 6.72. The molecule has 2 atom stereocenters. The van der Waals surface area contributed by atoms with Crippen molar-refractivity contribution in [3.05, 3.63) is 48.0 Å². The molecule has 0 aliphatic heterocycles. The van der Waals surface area contributed by atoms with E-state index in [9.17, 15) is 5.11 Å². The molecule has 1 aliphatic rings. The lowest BCUT2D eigenvalue weighted by Crippen LogP contribution is -2.49. The summed E-state index contributed by atoms with van der Waals surface area (Å²) in [6, 6.07) is 15.2. The number of nitrogens with zero attached hydrogens (tertiary/aromatic N) is 1. The van der Waals surface area contributed by atoms with E-state index < -0.39 is 0 Å². The first-order chi connectivity index (χ1) is 10.1. The zero-order chi connectivity index (χ0) is 14.9. The molecule has 1 saturated carbocycles. The third kappa shape index (κ3) is 2.70. The van der Waals surface area contributed by atoms with Gasteiger partial charge in [-0.1, -0.05) is 55.3 Å². The van der Waals surface area contributed by atoms with Gasteiger partial charge in [0.15, 0.2) is 0 Å². The number of aliphatic hydroxyl groups is 1. The van der Waals surface area contributed by atoms with Crippen molar-refractivity contribution < 1.29 is 5.11 Å². The summed E-state index contributed by atoms with van der Waals surface area (Å²) < 4.78 is 0. The minimum atomic E-state index is -0.241. The molecule has 2 nitrogen and oxygen atoms in total. The van der Waals surface area contributed by atoms with Gasteiger partial charge in [0.25, 0.3) is 0 Å². The van der Waals surface area contributed by atoms with E-state index in [0.29, 0.717) is 0 Å². The van der Waals surface area contributed by atoms with Crippen LogP contribution in [0.1, 0.15) is 31.2 Å². The fourth-order valence-corrected chi connectivity index (χ4v) is 3.90. The van der Waals surface area contributed by atoms with Crippen molar-refractivity contribution >= 4 is 10.8 Å². The normalized spacial score (nSPS) is 26.4. The summed E-state index contributed by atoms with van der Waals surface area (Å²) in [4.78, 5) is 2.21. The summed E-state index contributed by atoms with van der Waals surface area (Å²) >= 11 is 0. The van der Waals surface area contributed by atoms with Crippen molar-refractivity contribution in [2.24, 2.45) is 0 Å². The Bertz CT molecular complexity index is 622. The van der Waals surface area contributed by atoms with E-state index in [1.54, 1.807) is 0 Å². The van der Waals surface area contributed by atoms with Crippen LogP contribution in [0.25, 0.3) is 10.8 Å². The van der Waals surface area contributed by atoms with Gasteiger partial charge in [0, 0.05) is 12.0 Å². The van der Waals surface area contributed by atoms with Crippen molar-refractivity contribution in [3.63, 3.8) is 0 Å². The molecule has 0 aromatic heterocycles. The van der Waals surface area contributed by atoms with Crippen LogP contribution in [0.15, 0.2) is 42.5 Å². The summed E-state index contributed by atoms with van der Waals surface area (Å²) in [5.74, 6) is 0. The van der Waals surface area contributed by atoms with Crippen LogP contribution in [0.5, 0.6) is 0 Å². The number of aliphatic hydroxyl groups excluding tert-OH is 1. The third-order valence-corrected chi connectivity index (χ3v) is 4.91. The summed E-state index contributed by atoms with van der Waals surface area (Å²) in [5, 5.41) is 13.3. The van der Waals surface area contributed by atoms with Gasteiger partial charge in [0.2, 0.25) is 0 Å². The molecule has 2 aromatic rings. The topological polar surface area (TPSA) is 23.5 Å². The molecule has 112 valence electrons.